The molecule has 3 N–H and O–H groups in total. The minimum Gasteiger partial charge on any atom is -0.481 e. The van der Waals surface area contributed by atoms with Gasteiger partial charge in [-0.15, -0.1) is 0 Å². The molecule has 7 nitrogen and oxygen atoms in total. The normalized spacial score (nSPS) is 15.0. The SMILES string of the molecule is CC(CCCNC(=O)OCC1c2ccccc2-c2ccccc21)C(=O)NC(C)C(C(=O)O)C(C)C. The fourth-order valence-electron chi connectivity index (χ4n) is 4.91. The van der Waals surface area contributed by atoms with Crippen LogP contribution in [-0.4, -0.2) is 42.3 Å². The second-order valence-electron chi connectivity index (χ2n) is 9.70. The Morgan fingerprint density at radius 1 is 0.943 bits per heavy atom. The maximum Gasteiger partial charge on any atom is 0.407 e. The highest BCUT2D eigenvalue weighted by molar-refractivity contribution is 5.80. The van der Waals surface area contributed by atoms with Gasteiger partial charge in [0.1, 0.15) is 6.61 Å². The van der Waals surface area contributed by atoms with E-state index in [2.05, 4.69) is 34.9 Å². The molecule has 1 aliphatic carbocycles. The van der Waals surface area contributed by atoms with Crippen LogP contribution in [0.5, 0.6) is 0 Å². The molecule has 1 aliphatic rings. The van der Waals surface area contributed by atoms with Crippen molar-refractivity contribution in [1.82, 2.24) is 10.6 Å². The number of amides is 2. The summed E-state index contributed by atoms with van der Waals surface area (Å²) in [7, 11) is 0. The van der Waals surface area contributed by atoms with Crippen molar-refractivity contribution in [3.8, 4) is 11.1 Å². The van der Waals surface area contributed by atoms with Gasteiger partial charge in [-0.25, -0.2) is 4.79 Å². The monoisotopic (exact) mass is 480 g/mol. The molecule has 0 heterocycles. The Balaban J connectivity index is 1.40. The van der Waals surface area contributed by atoms with Crippen molar-refractivity contribution in [1.29, 1.82) is 0 Å². The first-order valence-corrected chi connectivity index (χ1v) is 12.3. The number of nitrogens with one attached hydrogen (secondary N) is 2. The fourth-order valence-corrected chi connectivity index (χ4v) is 4.91. The van der Waals surface area contributed by atoms with Gasteiger partial charge < -0.3 is 20.5 Å². The van der Waals surface area contributed by atoms with E-state index in [1.807, 2.05) is 38.1 Å². The summed E-state index contributed by atoms with van der Waals surface area (Å²) in [4.78, 5) is 36.2. The zero-order chi connectivity index (χ0) is 25.5. The highest BCUT2D eigenvalue weighted by Crippen LogP contribution is 2.44. The maximum absolute atomic E-state index is 12.5. The van der Waals surface area contributed by atoms with E-state index < -0.39 is 24.0 Å². The van der Waals surface area contributed by atoms with Gasteiger partial charge in [-0.3, -0.25) is 9.59 Å². The minimum absolute atomic E-state index is 0.0133. The lowest BCUT2D eigenvalue weighted by Crippen LogP contribution is -2.45. The van der Waals surface area contributed by atoms with Crippen LogP contribution in [0.1, 0.15) is 57.6 Å². The van der Waals surface area contributed by atoms with E-state index in [-0.39, 0.29) is 30.3 Å². The number of alkyl carbamates (subject to hydrolysis) is 1. The third-order valence-electron chi connectivity index (χ3n) is 6.79. The number of hydrogen-bond acceptors (Lipinski definition) is 4. The standard InChI is InChI=1S/C28H36N2O5/c1-17(2)25(27(32)33)19(4)30-26(31)18(3)10-9-15-29-28(34)35-16-24-22-13-7-5-11-20(22)21-12-6-8-14-23(21)24/h5-8,11-14,17-19,24-25H,9-10,15-16H2,1-4H3,(H,29,34)(H,30,31)(H,32,33). The Hall–Kier alpha value is -3.35. The van der Waals surface area contributed by atoms with Gasteiger partial charge in [-0.2, -0.15) is 0 Å². The average Bonchev–Trinajstić information content (AvgIpc) is 3.13. The predicted octanol–water partition coefficient (Wildman–Crippen LogP) is 4.80. The van der Waals surface area contributed by atoms with E-state index in [1.54, 1.807) is 13.8 Å². The summed E-state index contributed by atoms with van der Waals surface area (Å²) < 4.78 is 5.53. The zero-order valence-corrected chi connectivity index (χ0v) is 20.9. The van der Waals surface area contributed by atoms with E-state index >= 15 is 0 Å². The number of aliphatic carboxylic acids is 1. The number of fused-ring (bicyclic) bond motifs is 3. The second-order valence-corrected chi connectivity index (χ2v) is 9.70. The van der Waals surface area contributed by atoms with E-state index in [9.17, 15) is 19.5 Å². The molecule has 2 aromatic rings. The Kier molecular flexibility index (Phi) is 8.90. The molecule has 0 aliphatic heterocycles. The summed E-state index contributed by atoms with van der Waals surface area (Å²) in [6.45, 7) is 7.85. The van der Waals surface area contributed by atoms with Crippen LogP contribution in [0.15, 0.2) is 48.5 Å². The highest BCUT2D eigenvalue weighted by atomic mass is 16.5. The number of carbonyl (C=O) groups excluding carboxylic acids is 2. The van der Waals surface area contributed by atoms with Crippen molar-refractivity contribution in [2.75, 3.05) is 13.2 Å². The number of hydrogen-bond donors (Lipinski definition) is 3. The Morgan fingerprint density at radius 3 is 2.06 bits per heavy atom. The topological polar surface area (TPSA) is 105 Å². The molecule has 188 valence electrons. The van der Waals surface area contributed by atoms with Gasteiger partial charge in [0.25, 0.3) is 0 Å². The largest absolute Gasteiger partial charge is 0.481 e. The Bertz CT molecular complexity index is 1010. The minimum atomic E-state index is -0.909. The van der Waals surface area contributed by atoms with Gasteiger partial charge in [-0.05, 0) is 47.9 Å². The zero-order valence-electron chi connectivity index (χ0n) is 20.9. The summed E-state index contributed by atoms with van der Waals surface area (Å²) >= 11 is 0. The summed E-state index contributed by atoms with van der Waals surface area (Å²) in [5.41, 5.74) is 4.69. The smallest absolute Gasteiger partial charge is 0.407 e. The van der Waals surface area contributed by atoms with Crippen LogP contribution in [0.2, 0.25) is 0 Å². The van der Waals surface area contributed by atoms with Crippen LogP contribution in [0.25, 0.3) is 11.1 Å². The predicted molar refractivity (Wildman–Crippen MR) is 135 cm³/mol. The quantitative estimate of drug-likeness (QED) is 0.401. The number of carbonyl (C=O) groups is 3. The van der Waals surface area contributed by atoms with Crippen molar-refractivity contribution in [2.24, 2.45) is 17.8 Å². The number of ether oxygens (including phenoxy) is 1. The fraction of sp³-hybridized carbons (Fsp3) is 0.464. The molecular formula is C28H36N2O5. The van der Waals surface area contributed by atoms with Gasteiger partial charge in [0.05, 0.1) is 5.92 Å². The average molecular weight is 481 g/mol. The van der Waals surface area contributed by atoms with Crippen LogP contribution in [0.4, 0.5) is 4.79 Å². The Morgan fingerprint density at radius 2 is 1.51 bits per heavy atom. The van der Waals surface area contributed by atoms with E-state index in [0.717, 1.165) is 11.1 Å². The molecule has 0 spiro atoms. The maximum atomic E-state index is 12.5. The summed E-state index contributed by atoms with van der Waals surface area (Å²) in [6, 6.07) is 15.9. The molecule has 3 unspecified atom stereocenters. The molecule has 0 saturated carbocycles. The van der Waals surface area contributed by atoms with Crippen LogP contribution in [0, 0.1) is 17.8 Å². The van der Waals surface area contributed by atoms with E-state index in [1.165, 1.54) is 11.1 Å². The Labute approximate surface area is 207 Å². The number of rotatable bonds is 11. The van der Waals surface area contributed by atoms with Crippen LogP contribution < -0.4 is 10.6 Å². The number of benzene rings is 2. The van der Waals surface area contributed by atoms with Gasteiger partial charge in [0.15, 0.2) is 0 Å². The molecule has 0 bridgehead atoms. The lowest BCUT2D eigenvalue weighted by molar-refractivity contribution is -0.144. The van der Waals surface area contributed by atoms with Crippen molar-refractivity contribution < 1.29 is 24.2 Å². The third-order valence-corrected chi connectivity index (χ3v) is 6.79. The highest BCUT2D eigenvalue weighted by Gasteiger charge is 2.30. The van der Waals surface area contributed by atoms with Gasteiger partial charge in [0, 0.05) is 24.4 Å². The van der Waals surface area contributed by atoms with E-state index in [4.69, 9.17) is 4.74 Å². The van der Waals surface area contributed by atoms with Gasteiger partial charge in [0.2, 0.25) is 5.91 Å². The molecule has 0 radical (unpaired) electrons. The van der Waals surface area contributed by atoms with Crippen molar-refractivity contribution in [2.45, 2.75) is 52.5 Å². The van der Waals surface area contributed by atoms with Crippen molar-refractivity contribution in [3.05, 3.63) is 59.7 Å². The first-order valence-electron chi connectivity index (χ1n) is 12.3. The van der Waals surface area contributed by atoms with Crippen LogP contribution in [0.3, 0.4) is 0 Å². The van der Waals surface area contributed by atoms with E-state index in [0.29, 0.717) is 19.4 Å². The van der Waals surface area contributed by atoms with Crippen LogP contribution >= 0.6 is 0 Å². The number of carboxylic acids is 1. The molecule has 0 saturated heterocycles. The first-order chi connectivity index (χ1) is 16.7. The van der Waals surface area contributed by atoms with Crippen LogP contribution in [-0.2, 0) is 14.3 Å². The second kappa shape index (κ2) is 11.9. The molecular weight excluding hydrogens is 444 g/mol. The molecule has 0 aromatic heterocycles. The lowest BCUT2D eigenvalue weighted by Gasteiger charge is -2.25. The lowest BCUT2D eigenvalue weighted by atomic mass is 9.89. The molecule has 2 amide bonds. The summed E-state index contributed by atoms with van der Waals surface area (Å²) in [5, 5.41) is 15.0. The summed E-state index contributed by atoms with van der Waals surface area (Å²) in [6.07, 6.45) is 0.709. The third kappa shape index (κ3) is 6.41. The molecule has 7 heteroatoms. The summed E-state index contributed by atoms with van der Waals surface area (Å²) in [5.74, 6) is -2.08. The molecule has 0 fully saturated rings. The van der Waals surface area contributed by atoms with Crippen molar-refractivity contribution in [3.63, 3.8) is 0 Å². The number of carboxylic acid groups (broad SMARTS) is 1. The molecule has 3 rings (SSSR count). The first kappa shape index (κ1) is 26.3. The van der Waals surface area contributed by atoms with Gasteiger partial charge >= 0.3 is 12.1 Å². The molecule has 3 atom stereocenters. The van der Waals surface area contributed by atoms with Gasteiger partial charge in [-0.1, -0.05) is 69.3 Å². The van der Waals surface area contributed by atoms with Crippen molar-refractivity contribution >= 4 is 18.0 Å². The molecule has 2 aromatic carbocycles. The molecule has 35 heavy (non-hydrogen) atoms.